The average Bonchev–Trinajstić information content (AvgIpc) is 2.59. The Morgan fingerprint density at radius 1 is 1.20 bits per heavy atom. The van der Waals surface area contributed by atoms with Crippen molar-refractivity contribution in [2.75, 3.05) is 17.6 Å². The van der Waals surface area contributed by atoms with Gasteiger partial charge in [-0.15, -0.1) is 0 Å². The van der Waals surface area contributed by atoms with Crippen LogP contribution in [0.1, 0.15) is 45.4 Å². The molecule has 0 heterocycles. The van der Waals surface area contributed by atoms with E-state index < -0.39 is 16.1 Å². The highest BCUT2D eigenvalue weighted by Crippen LogP contribution is 2.27. The smallest absolute Gasteiger partial charge is 0.246 e. The number of rotatable bonds is 6. The molecule has 140 valence electrons. The first kappa shape index (κ1) is 20.0. The highest BCUT2D eigenvalue weighted by Gasteiger charge is 2.35. The zero-order chi connectivity index (χ0) is 18.6. The summed E-state index contributed by atoms with van der Waals surface area (Å²) in [6.45, 7) is 1.84. The number of hydrogen-bond donors (Lipinski definition) is 0. The van der Waals surface area contributed by atoms with Crippen LogP contribution in [0.4, 0.5) is 5.69 Å². The van der Waals surface area contributed by atoms with E-state index in [4.69, 9.17) is 11.6 Å². The molecule has 0 N–H and O–H groups in total. The fourth-order valence-corrected chi connectivity index (χ4v) is 4.85. The molecule has 25 heavy (non-hydrogen) atoms. The molecule has 0 aromatic heterocycles. The summed E-state index contributed by atoms with van der Waals surface area (Å²) >= 11 is 5.92. The van der Waals surface area contributed by atoms with Crippen molar-refractivity contribution in [1.82, 2.24) is 4.90 Å². The minimum absolute atomic E-state index is 0.144. The van der Waals surface area contributed by atoms with Crippen molar-refractivity contribution in [3.63, 3.8) is 0 Å². The number of anilines is 1. The third-order valence-electron chi connectivity index (χ3n) is 4.86. The predicted molar refractivity (Wildman–Crippen MR) is 102 cm³/mol. The lowest BCUT2D eigenvalue weighted by Crippen LogP contribution is -2.52. The highest BCUT2D eigenvalue weighted by molar-refractivity contribution is 7.92. The molecule has 0 unspecified atom stereocenters. The lowest BCUT2D eigenvalue weighted by molar-refractivity contribution is -0.133. The molecule has 1 aliphatic carbocycles. The lowest BCUT2D eigenvalue weighted by Gasteiger charge is -2.37. The van der Waals surface area contributed by atoms with Gasteiger partial charge in [0.1, 0.15) is 6.04 Å². The molecule has 1 aromatic carbocycles. The van der Waals surface area contributed by atoms with Gasteiger partial charge in [-0.3, -0.25) is 9.10 Å². The zero-order valence-corrected chi connectivity index (χ0v) is 16.7. The normalized spacial score (nSPS) is 17.1. The second-order valence-electron chi connectivity index (χ2n) is 6.70. The molecule has 1 fully saturated rings. The summed E-state index contributed by atoms with van der Waals surface area (Å²) in [4.78, 5) is 14.8. The van der Waals surface area contributed by atoms with Gasteiger partial charge in [0, 0.05) is 18.1 Å². The molecule has 5 nitrogen and oxygen atoms in total. The highest BCUT2D eigenvalue weighted by atomic mass is 35.5. The topological polar surface area (TPSA) is 57.7 Å². The van der Waals surface area contributed by atoms with Gasteiger partial charge >= 0.3 is 0 Å². The van der Waals surface area contributed by atoms with E-state index in [-0.39, 0.29) is 11.9 Å². The van der Waals surface area contributed by atoms with Gasteiger partial charge in [0.15, 0.2) is 0 Å². The Kier molecular flexibility index (Phi) is 6.74. The molecule has 0 radical (unpaired) electrons. The van der Waals surface area contributed by atoms with Gasteiger partial charge in [-0.1, -0.05) is 37.8 Å². The molecule has 2 rings (SSSR count). The van der Waals surface area contributed by atoms with Crippen LogP contribution in [0.15, 0.2) is 24.3 Å². The number of likely N-dealkylation sites (N-methyl/N-ethyl adjacent to an activating group) is 1. The molecule has 0 spiro atoms. The van der Waals surface area contributed by atoms with Gasteiger partial charge in [-0.2, -0.15) is 0 Å². The van der Waals surface area contributed by atoms with E-state index in [1.807, 2.05) is 6.92 Å². The van der Waals surface area contributed by atoms with Crippen LogP contribution >= 0.6 is 11.6 Å². The van der Waals surface area contributed by atoms with Crippen LogP contribution in [-0.4, -0.2) is 44.6 Å². The van der Waals surface area contributed by atoms with Crippen LogP contribution in [0.5, 0.6) is 0 Å². The number of benzene rings is 1. The minimum Gasteiger partial charge on any atom is -0.341 e. The SMILES string of the molecule is CC[C@H](C(=O)N(C)C1CCCCC1)N(c1ccc(Cl)cc1)S(C)(=O)=O. The summed E-state index contributed by atoms with van der Waals surface area (Å²) in [5.41, 5.74) is 0.462. The summed E-state index contributed by atoms with van der Waals surface area (Å²) in [6, 6.07) is 6.00. The Labute approximate surface area is 156 Å². The number of carbonyl (C=O) groups is 1. The fraction of sp³-hybridized carbons (Fsp3) is 0.611. The molecule has 1 saturated carbocycles. The van der Waals surface area contributed by atoms with Crippen molar-refractivity contribution in [2.45, 2.75) is 57.5 Å². The Balaban J connectivity index is 2.32. The van der Waals surface area contributed by atoms with E-state index in [1.54, 1.807) is 36.2 Å². The summed E-state index contributed by atoms with van der Waals surface area (Å²) in [5, 5.41) is 0.524. The maximum Gasteiger partial charge on any atom is 0.246 e. The molecule has 7 heteroatoms. The standard InChI is InChI=1S/C18H27ClN2O3S/c1-4-17(18(22)20(2)15-8-6-5-7-9-15)21(25(3,23)24)16-12-10-14(19)11-13-16/h10-13,15,17H,4-9H2,1-3H3/t17-/m1/s1. The Morgan fingerprint density at radius 3 is 2.24 bits per heavy atom. The molecule has 0 aliphatic heterocycles. The van der Waals surface area contributed by atoms with Crippen LogP contribution in [0.25, 0.3) is 0 Å². The average molecular weight is 387 g/mol. The second-order valence-corrected chi connectivity index (χ2v) is 9.00. The third-order valence-corrected chi connectivity index (χ3v) is 6.30. The molecule has 1 aliphatic rings. The van der Waals surface area contributed by atoms with Crippen molar-refractivity contribution < 1.29 is 13.2 Å². The summed E-state index contributed by atoms with van der Waals surface area (Å²) in [6.07, 6.45) is 6.95. The van der Waals surface area contributed by atoms with E-state index in [0.717, 1.165) is 31.9 Å². The summed E-state index contributed by atoms with van der Waals surface area (Å²) in [7, 11) is -1.81. The van der Waals surface area contributed by atoms with Gasteiger partial charge in [0.2, 0.25) is 15.9 Å². The van der Waals surface area contributed by atoms with Gasteiger partial charge in [0.05, 0.1) is 11.9 Å². The number of nitrogens with zero attached hydrogens (tertiary/aromatic N) is 2. The molecular weight excluding hydrogens is 360 g/mol. The molecule has 0 saturated heterocycles. The van der Waals surface area contributed by atoms with Crippen LogP contribution in [-0.2, 0) is 14.8 Å². The van der Waals surface area contributed by atoms with E-state index in [2.05, 4.69) is 0 Å². The van der Waals surface area contributed by atoms with Crippen LogP contribution in [0.2, 0.25) is 5.02 Å². The lowest BCUT2D eigenvalue weighted by atomic mass is 9.94. The summed E-state index contributed by atoms with van der Waals surface area (Å²) < 4.78 is 26.1. The summed E-state index contributed by atoms with van der Waals surface area (Å²) in [5.74, 6) is -0.144. The third kappa shape index (κ3) is 4.88. The van der Waals surface area contributed by atoms with Crippen LogP contribution < -0.4 is 4.31 Å². The van der Waals surface area contributed by atoms with Crippen molar-refractivity contribution >= 4 is 33.2 Å². The van der Waals surface area contributed by atoms with E-state index >= 15 is 0 Å². The van der Waals surface area contributed by atoms with Crippen molar-refractivity contribution in [1.29, 1.82) is 0 Å². The van der Waals surface area contributed by atoms with Crippen molar-refractivity contribution in [2.24, 2.45) is 0 Å². The first-order valence-electron chi connectivity index (χ1n) is 8.77. The Morgan fingerprint density at radius 2 is 1.76 bits per heavy atom. The van der Waals surface area contributed by atoms with Gasteiger partial charge in [0.25, 0.3) is 0 Å². The Hall–Kier alpha value is -1.27. The first-order valence-corrected chi connectivity index (χ1v) is 11.0. The fourth-order valence-electron chi connectivity index (χ4n) is 3.51. The molecule has 1 atom stereocenters. The van der Waals surface area contributed by atoms with Crippen LogP contribution in [0.3, 0.4) is 0 Å². The first-order chi connectivity index (χ1) is 11.8. The molecule has 1 amide bonds. The second kappa shape index (κ2) is 8.41. The quantitative estimate of drug-likeness (QED) is 0.749. The van der Waals surface area contributed by atoms with E-state index in [0.29, 0.717) is 17.1 Å². The van der Waals surface area contributed by atoms with Gasteiger partial charge < -0.3 is 4.90 Å². The number of halogens is 1. The minimum atomic E-state index is -3.61. The molecule has 1 aromatic rings. The van der Waals surface area contributed by atoms with Gasteiger partial charge in [-0.05, 0) is 43.5 Å². The van der Waals surface area contributed by atoms with E-state index in [9.17, 15) is 13.2 Å². The Bertz CT molecular complexity index is 685. The molecular formula is C18H27ClN2O3S. The maximum atomic E-state index is 13.1. The molecule has 0 bridgehead atoms. The van der Waals surface area contributed by atoms with Crippen molar-refractivity contribution in [3.05, 3.63) is 29.3 Å². The largest absolute Gasteiger partial charge is 0.341 e. The van der Waals surface area contributed by atoms with Crippen molar-refractivity contribution in [3.8, 4) is 0 Å². The predicted octanol–water partition coefficient (Wildman–Crippen LogP) is 3.68. The van der Waals surface area contributed by atoms with Crippen LogP contribution in [0, 0.1) is 0 Å². The number of sulfonamides is 1. The zero-order valence-electron chi connectivity index (χ0n) is 15.1. The monoisotopic (exact) mass is 386 g/mol. The van der Waals surface area contributed by atoms with Gasteiger partial charge in [-0.25, -0.2) is 8.42 Å². The maximum absolute atomic E-state index is 13.1. The number of amides is 1. The van der Waals surface area contributed by atoms with E-state index in [1.165, 1.54) is 10.7 Å². The number of carbonyl (C=O) groups excluding carboxylic acids is 1. The number of hydrogen-bond acceptors (Lipinski definition) is 3.